The zero-order valence-corrected chi connectivity index (χ0v) is 16.9. The number of carbonyl (C=O) groups excluding carboxylic acids is 2. The lowest BCUT2D eigenvalue weighted by Crippen LogP contribution is -2.23. The van der Waals surface area contributed by atoms with E-state index in [1.54, 1.807) is 18.2 Å². The fourth-order valence-corrected chi connectivity index (χ4v) is 4.49. The van der Waals surface area contributed by atoms with Crippen LogP contribution >= 0.6 is 23.2 Å². The third kappa shape index (κ3) is 4.40. The van der Waals surface area contributed by atoms with E-state index < -0.39 is 28.1 Å². The average molecular weight is 444 g/mol. The molecule has 10 heteroatoms. The molecule has 3 rings (SSSR count). The maximum absolute atomic E-state index is 12.8. The summed E-state index contributed by atoms with van der Waals surface area (Å²) >= 11 is 12.1. The van der Waals surface area contributed by atoms with Crippen molar-refractivity contribution in [2.75, 3.05) is 11.3 Å². The zero-order valence-electron chi connectivity index (χ0n) is 14.6. The van der Waals surface area contributed by atoms with Crippen molar-refractivity contribution >= 4 is 50.9 Å². The second-order valence-corrected chi connectivity index (χ2v) is 8.55. The third-order valence-electron chi connectivity index (χ3n) is 3.94. The fourth-order valence-electron chi connectivity index (χ4n) is 2.59. The number of ether oxygens (including phenoxy) is 2. The normalized spacial score (nSPS) is 16.5. The first-order chi connectivity index (χ1) is 13.2. The molecule has 1 saturated heterocycles. The predicted molar refractivity (Wildman–Crippen MR) is 103 cm³/mol. The van der Waals surface area contributed by atoms with Crippen LogP contribution in [0.3, 0.4) is 0 Å². The van der Waals surface area contributed by atoms with Gasteiger partial charge in [-0.15, -0.1) is 0 Å². The topological polar surface area (TPSA) is 98.8 Å². The number of esters is 2. The van der Waals surface area contributed by atoms with Gasteiger partial charge in [-0.25, -0.2) is 18.0 Å². The molecule has 1 unspecified atom stereocenters. The number of cyclic esters (lactones) is 1. The van der Waals surface area contributed by atoms with Crippen LogP contribution in [-0.2, 0) is 24.3 Å². The van der Waals surface area contributed by atoms with E-state index in [4.69, 9.17) is 32.7 Å². The summed E-state index contributed by atoms with van der Waals surface area (Å²) in [6, 6.07) is 8.88. The summed E-state index contributed by atoms with van der Waals surface area (Å²) in [4.78, 5) is 23.5. The Bertz CT molecular complexity index is 1050. The monoisotopic (exact) mass is 443 g/mol. The van der Waals surface area contributed by atoms with Crippen molar-refractivity contribution in [3.8, 4) is 0 Å². The Morgan fingerprint density at radius 3 is 2.61 bits per heavy atom. The molecule has 1 N–H and O–H groups in total. The molecule has 1 heterocycles. The van der Waals surface area contributed by atoms with Gasteiger partial charge in [0.15, 0.2) is 0 Å². The molecular weight excluding hydrogens is 429 g/mol. The number of anilines is 1. The van der Waals surface area contributed by atoms with E-state index in [-0.39, 0.29) is 33.5 Å². The second kappa shape index (κ2) is 7.98. The van der Waals surface area contributed by atoms with Crippen molar-refractivity contribution < 1.29 is 27.5 Å². The Labute approximate surface area is 171 Å². The molecule has 28 heavy (non-hydrogen) atoms. The van der Waals surface area contributed by atoms with Crippen LogP contribution in [0.25, 0.3) is 0 Å². The van der Waals surface area contributed by atoms with E-state index in [1.165, 1.54) is 0 Å². The second-order valence-electron chi connectivity index (χ2n) is 6.09. The molecule has 7 nitrogen and oxygen atoms in total. The third-order valence-corrected chi connectivity index (χ3v) is 6.10. The molecule has 0 bridgehead atoms. The average Bonchev–Trinajstić information content (AvgIpc) is 2.99. The lowest BCUT2D eigenvalue weighted by atomic mass is 10.2. The number of hydrogen-bond acceptors (Lipinski definition) is 6. The summed E-state index contributed by atoms with van der Waals surface area (Å²) in [5.74, 6) is -1.61. The van der Waals surface area contributed by atoms with E-state index in [9.17, 15) is 18.0 Å². The Morgan fingerprint density at radius 2 is 1.96 bits per heavy atom. The first-order valence-corrected chi connectivity index (χ1v) is 10.4. The van der Waals surface area contributed by atoms with Crippen molar-refractivity contribution in [3.63, 3.8) is 0 Å². The summed E-state index contributed by atoms with van der Waals surface area (Å²) in [7, 11) is -4.11. The van der Waals surface area contributed by atoms with Crippen molar-refractivity contribution in [2.24, 2.45) is 0 Å². The van der Waals surface area contributed by atoms with Crippen LogP contribution in [0, 0.1) is 6.92 Å². The summed E-state index contributed by atoms with van der Waals surface area (Å²) in [6.45, 7) is 1.96. The van der Waals surface area contributed by atoms with E-state index in [0.29, 0.717) is 5.69 Å². The SMILES string of the molecule is Cc1cccc(NS(=O)(=O)c2cc(C(=O)OC3CCOC3=O)c(Cl)cc2Cl)c1. The number of rotatable bonds is 5. The Kier molecular flexibility index (Phi) is 5.83. The van der Waals surface area contributed by atoms with Gasteiger partial charge >= 0.3 is 11.9 Å². The van der Waals surface area contributed by atoms with E-state index in [1.807, 2.05) is 13.0 Å². The minimum Gasteiger partial charge on any atom is -0.463 e. The summed E-state index contributed by atoms with van der Waals surface area (Å²) in [5, 5.41) is -0.266. The van der Waals surface area contributed by atoms with E-state index in [2.05, 4.69) is 4.72 Å². The van der Waals surface area contributed by atoms with E-state index >= 15 is 0 Å². The standard InChI is InChI=1S/C18H15Cl2NO6S/c1-10-3-2-4-11(7-10)21-28(24,25)16-8-12(13(19)9-14(16)20)17(22)27-15-5-6-26-18(15)23/h2-4,7-9,15,21H,5-6H2,1H3. The zero-order chi connectivity index (χ0) is 20.5. The smallest absolute Gasteiger partial charge is 0.347 e. The van der Waals surface area contributed by atoms with Gasteiger partial charge in [-0.2, -0.15) is 0 Å². The molecule has 0 spiro atoms. The highest BCUT2D eigenvalue weighted by atomic mass is 35.5. The first kappa shape index (κ1) is 20.4. The Balaban J connectivity index is 1.92. The molecule has 1 fully saturated rings. The molecule has 0 amide bonds. The molecule has 148 valence electrons. The molecule has 0 aromatic heterocycles. The van der Waals surface area contributed by atoms with Crippen LogP contribution in [0.5, 0.6) is 0 Å². The molecule has 1 atom stereocenters. The largest absolute Gasteiger partial charge is 0.463 e. The highest BCUT2D eigenvalue weighted by Gasteiger charge is 2.32. The Morgan fingerprint density at radius 1 is 1.21 bits per heavy atom. The maximum Gasteiger partial charge on any atom is 0.347 e. The molecule has 2 aromatic carbocycles. The van der Waals surface area contributed by atoms with Crippen LogP contribution in [0.1, 0.15) is 22.3 Å². The number of benzene rings is 2. The van der Waals surface area contributed by atoms with Crippen molar-refractivity contribution in [3.05, 3.63) is 57.6 Å². The van der Waals surface area contributed by atoms with E-state index in [0.717, 1.165) is 17.7 Å². The van der Waals surface area contributed by atoms with Gasteiger partial charge in [-0.05, 0) is 36.8 Å². The van der Waals surface area contributed by atoms with Gasteiger partial charge in [-0.3, -0.25) is 4.72 Å². The first-order valence-electron chi connectivity index (χ1n) is 8.13. The number of nitrogens with one attached hydrogen (secondary N) is 1. The molecule has 1 aliphatic rings. The predicted octanol–water partition coefficient (Wildman–Crippen LogP) is 3.57. The summed E-state index contributed by atoms with van der Waals surface area (Å²) < 4.78 is 37.7. The Hall–Kier alpha value is -2.29. The lowest BCUT2D eigenvalue weighted by Gasteiger charge is -2.13. The minimum atomic E-state index is -4.11. The molecule has 2 aromatic rings. The van der Waals surface area contributed by atoms with Gasteiger partial charge in [0.1, 0.15) is 4.90 Å². The number of halogens is 2. The van der Waals surface area contributed by atoms with Crippen LogP contribution in [0.15, 0.2) is 41.3 Å². The summed E-state index contributed by atoms with van der Waals surface area (Å²) in [5.41, 5.74) is 0.967. The molecular formula is C18H15Cl2NO6S. The minimum absolute atomic E-state index is 0.101. The van der Waals surface area contributed by atoms with Crippen molar-refractivity contribution in [1.29, 1.82) is 0 Å². The lowest BCUT2D eigenvalue weighted by molar-refractivity contribution is -0.145. The van der Waals surface area contributed by atoms with Gasteiger partial charge in [-0.1, -0.05) is 35.3 Å². The van der Waals surface area contributed by atoms with Crippen LogP contribution in [-0.4, -0.2) is 33.1 Å². The highest BCUT2D eigenvalue weighted by molar-refractivity contribution is 7.92. The number of sulfonamides is 1. The number of hydrogen-bond donors (Lipinski definition) is 1. The van der Waals surface area contributed by atoms with Gasteiger partial charge < -0.3 is 9.47 Å². The molecule has 0 aliphatic carbocycles. The molecule has 1 aliphatic heterocycles. The van der Waals surface area contributed by atoms with Gasteiger partial charge in [0.25, 0.3) is 10.0 Å². The molecule has 0 saturated carbocycles. The highest BCUT2D eigenvalue weighted by Crippen LogP contribution is 2.31. The van der Waals surface area contributed by atoms with Crippen LogP contribution in [0.2, 0.25) is 10.0 Å². The van der Waals surface area contributed by atoms with Gasteiger partial charge in [0.2, 0.25) is 6.10 Å². The summed E-state index contributed by atoms with van der Waals surface area (Å²) in [6.07, 6.45) is -0.833. The van der Waals surface area contributed by atoms with Crippen LogP contribution in [0.4, 0.5) is 5.69 Å². The number of aryl methyl sites for hydroxylation is 1. The van der Waals surface area contributed by atoms with Crippen molar-refractivity contribution in [2.45, 2.75) is 24.3 Å². The quantitative estimate of drug-likeness (QED) is 0.708. The van der Waals surface area contributed by atoms with Crippen molar-refractivity contribution in [1.82, 2.24) is 0 Å². The van der Waals surface area contributed by atoms with Gasteiger partial charge in [0.05, 0.1) is 22.2 Å². The maximum atomic E-state index is 12.8. The number of carbonyl (C=O) groups is 2. The van der Waals surface area contributed by atoms with Crippen LogP contribution < -0.4 is 4.72 Å². The van der Waals surface area contributed by atoms with Gasteiger partial charge in [0, 0.05) is 12.1 Å². The fraction of sp³-hybridized carbons (Fsp3) is 0.222. The molecule has 0 radical (unpaired) electrons.